The van der Waals surface area contributed by atoms with E-state index in [1.165, 1.54) is 7.11 Å². The summed E-state index contributed by atoms with van der Waals surface area (Å²) in [5, 5.41) is 17.8. The van der Waals surface area contributed by atoms with Gasteiger partial charge in [0.2, 0.25) is 5.91 Å². The van der Waals surface area contributed by atoms with Gasteiger partial charge in [-0.1, -0.05) is 23.2 Å². The molecule has 2 aromatic rings. The molecule has 0 fully saturated rings. The summed E-state index contributed by atoms with van der Waals surface area (Å²) in [4.78, 5) is 12.0. The molecule has 0 spiro atoms. The third-order valence-electron chi connectivity index (χ3n) is 3.63. The molecule has 1 aromatic carbocycles. The second-order valence-electron chi connectivity index (χ2n) is 5.55. The molecule has 0 aliphatic carbocycles. The largest absolute Gasteiger partial charge is 0.495 e. The first-order valence-electron chi connectivity index (χ1n) is 7.94. The van der Waals surface area contributed by atoms with Crippen LogP contribution in [0.25, 0.3) is 0 Å². The lowest BCUT2D eigenvalue weighted by Gasteiger charge is -2.11. The molecule has 0 aliphatic rings. The van der Waals surface area contributed by atoms with Gasteiger partial charge in [0.1, 0.15) is 12.3 Å². The first-order chi connectivity index (χ1) is 13.2. The first kappa shape index (κ1) is 22.1. The molecule has 154 valence electrons. The topological polar surface area (TPSA) is 88.4 Å². The number of methoxy groups -OCH3 is 1. The van der Waals surface area contributed by atoms with Gasteiger partial charge in [-0.25, -0.2) is 0 Å². The monoisotopic (exact) mass is 440 g/mol. The van der Waals surface area contributed by atoms with Gasteiger partial charge in [0.05, 0.1) is 29.5 Å². The normalized spacial score (nSPS) is 11.4. The lowest BCUT2D eigenvalue weighted by atomic mass is 10.3. The number of halogens is 5. The van der Waals surface area contributed by atoms with E-state index in [4.69, 9.17) is 27.9 Å². The number of aliphatic hydroxyl groups excluding tert-OH is 1. The van der Waals surface area contributed by atoms with Crippen LogP contribution in [0.4, 0.5) is 18.9 Å². The summed E-state index contributed by atoms with van der Waals surface area (Å²) in [5.41, 5.74) is -0.911. The molecule has 0 unspecified atom stereocenters. The Balaban J connectivity index is 1.89. The van der Waals surface area contributed by atoms with Crippen LogP contribution >= 0.6 is 23.2 Å². The van der Waals surface area contributed by atoms with Crippen molar-refractivity contribution in [2.24, 2.45) is 0 Å². The van der Waals surface area contributed by atoms with Gasteiger partial charge in [-0.05, 0) is 12.1 Å². The van der Waals surface area contributed by atoms with Crippen molar-refractivity contribution in [3.05, 3.63) is 39.6 Å². The van der Waals surface area contributed by atoms with Crippen LogP contribution in [0, 0.1) is 0 Å². The zero-order valence-electron chi connectivity index (χ0n) is 14.6. The molecule has 3 N–H and O–H groups in total. The van der Waals surface area contributed by atoms with E-state index in [0.29, 0.717) is 23.0 Å². The van der Waals surface area contributed by atoms with Crippen molar-refractivity contribution < 1.29 is 27.8 Å². The minimum atomic E-state index is -4.79. The second kappa shape index (κ2) is 9.35. The van der Waals surface area contributed by atoms with E-state index in [2.05, 4.69) is 15.7 Å². The van der Waals surface area contributed by atoms with Gasteiger partial charge in [0.15, 0.2) is 5.69 Å². The van der Waals surface area contributed by atoms with E-state index in [0.717, 1.165) is 4.68 Å². The van der Waals surface area contributed by atoms with Crippen LogP contribution in [-0.4, -0.2) is 41.0 Å². The van der Waals surface area contributed by atoms with Gasteiger partial charge >= 0.3 is 6.18 Å². The van der Waals surface area contributed by atoms with E-state index in [1.807, 2.05) is 0 Å². The van der Waals surface area contributed by atoms with Crippen LogP contribution in [-0.2, 0) is 24.1 Å². The smallest absolute Gasteiger partial charge is 0.436 e. The van der Waals surface area contributed by atoms with E-state index in [1.54, 1.807) is 18.2 Å². The predicted octanol–water partition coefficient (Wildman–Crippen LogP) is 2.94. The Kier molecular flexibility index (Phi) is 7.39. The van der Waals surface area contributed by atoms with Crippen LogP contribution in [0.2, 0.25) is 10.0 Å². The number of nitrogens with one attached hydrogen (secondary N) is 2. The Labute approximate surface area is 168 Å². The number of aliphatic hydroxyl groups is 1. The molecule has 12 heteroatoms. The number of alkyl halides is 3. The summed E-state index contributed by atoms with van der Waals surface area (Å²) >= 11 is 11.5. The van der Waals surface area contributed by atoms with Crippen LogP contribution in [0.1, 0.15) is 11.4 Å². The highest BCUT2D eigenvalue weighted by Crippen LogP contribution is 2.35. The van der Waals surface area contributed by atoms with Crippen molar-refractivity contribution >= 4 is 34.8 Å². The van der Waals surface area contributed by atoms with Gasteiger partial charge < -0.3 is 20.5 Å². The molecule has 0 aliphatic heterocycles. The zero-order valence-corrected chi connectivity index (χ0v) is 16.1. The second-order valence-corrected chi connectivity index (χ2v) is 6.33. The molecule has 0 saturated heterocycles. The fourth-order valence-electron chi connectivity index (χ4n) is 2.31. The van der Waals surface area contributed by atoms with Crippen molar-refractivity contribution in [2.45, 2.75) is 19.3 Å². The zero-order chi connectivity index (χ0) is 20.9. The SMILES string of the molecule is COc1cc(NCCNC(=O)Cn2nc(C(F)(F)F)c(Cl)c2CO)ccc1Cl. The Hall–Kier alpha value is -2.17. The van der Waals surface area contributed by atoms with Crippen LogP contribution < -0.4 is 15.4 Å². The fraction of sp³-hybridized carbons (Fsp3) is 0.375. The van der Waals surface area contributed by atoms with Crippen LogP contribution in [0.5, 0.6) is 5.75 Å². The number of nitrogens with zero attached hydrogens (tertiary/aromatic N) is 2. The van der Waals surface area contributed by atoms with Crippen molar-refractivity contribution in [2.75, 3.05) is 25.5 Å². The maximum atomic E-state index is 12.8. The Morgan fingerprint density at radius 1 is 1.32 bits per heavy atom. The average molecular weight is 441 g/mol. The van der Waals surface area contributed by atoms with Crippen molar-refractivity contribution in [3.63, 3.8) is 0 Å². The number of hydrogen-bond acceptors (Lipinski definition) is 5. The highest BCUT2D eigenvalue weighted by Gasteiger charge is 2.38. The highest BCUT2D eigenvalue weighted by atomic mass is 35.5. The molecule has 0 bridgehead atoms. The number of carbonyl (C=O) groups is 1. The summed E-state index contributed by atoms with van der Waals surface area (Å²) in [6, 6.07) is 5.06. The number of benzene rings is 1. The third-order valence-corrected chi connectivity index (χ3v) is 4.34. The molecule has 2 rings (SSSR count). The number of rotatable bonds is 8. The van der Waals surface area contributed by atoms with Gasteiger partial charge in [0.25, 0.3) is 0 Å². The summed E-state index contributed by atoms with van der Waals surface area (Å²) in [7, 11) is 1.48. The minimum absolute atomic E-state index is 0.194. The van der Waals surface area contributed by atoms with Gasteiger partial charge in [-0.15, -0.1) is 0 Å². The highest BCUT2D eigenvalue weighted by molar-refractivity contribution is 6.32. The molecule has 28 heavy (non-hydrogen) atoms. The molecule has 1 amide bonds. The summed E-state index contributed by atoms with van der Waals surface area (Å²) in [5.74, 6) is -0.0960. The quantitative estimate of drug-likeness (QED) is 0.549. The number of carbonyl (C=O) groups excluding carboxylic acids is 1. The molecule has 0 saturated carbocycles. The molecule has 0 atom stereocenters. The van der Waals surface area contributed by atoms with Gasteiger partial charge in [-0.3, -0.25) is 9.48 Å². The summed E-state index contributed by atoms with van der Waals surface area (Å²) in [6.45, 7) is -0.758. The molecular weight excluding hydrogens is 424 g/mol. The molecule has 7 nitrogen and oxygen atoms in total. The van der Waals surface area contributed by atoms with Crippen LogP contribution in [0.3, 0.4) is 0 Å². The Morgan fingerprint density at radius 3 is 2.64 bits per heavy atom. The fourth-order valence-corrected chi connectivity index (χ4v) is 2.81. The number of aromatic nitrogens is 2. The minimum Gasteiger partial charge on any atom is -0.495 e. The molecule has 1 aromatic heterocycles. The predicted molar refractivity (Wildman–Crippen MR) is 97.7 cm³/mol. The number of ether oxygens (including phenoxy) is 1. The van der Waals surface area contributed by atoms with Crippen LogP contribution in [0.15, 0.2) is 18.2 Å². The molecule has 1 heterocycles. The number of hydrogen-bond donors (Lipinski definition) is 3. The molecule has 0 radical (unpaired) electrons. The lowest BCUT2D eigenvalue weighted by Crippen LogP contribution is -2.32. The number of amides is 1. The van der Waals surface area contributed by atoms with E-state index in [9.17, 15) is 23.1 Å². The lowest BCUT2D eigenvalue weighted by molar-refractivity contribution is -0.141. The standard InChI is InChI=1S/C16H17Cl2F3N4O3/c1-28-12-6-9(2-3-10(12)17)22-4-5-23-13(27)7-25-11(8-26)14(18)15(24-25)16(19,20)21/h2-3,6,22,26H,4-5,7-8H2,1H3,(H,23,27). The van der Waals surface area contributed by atoms with Gasteiger partial charge in [-0.2, -0.15) is 18.3 Å². The maximum Gasteiger partial charge on any atom is 0.436 e. The van der Waals surface area contributed by atoms with E-state index >= 15 is 0 Å². The third kappa shape index (κ3) is 5.43. The number of anilines is 1. The Morgan fingerprint density at radius 2 is 2.04 bits per heavy atom. The van der Waals surface area contributed by atoms with Crippen molar-refractivity contribution in [3.8, 4) is 5.75 Å². The molecular formula is C16H17Cl2F3N4O3. The Bertz CT molecular complexity index is 843. The van der Waals surface area contributed by atoms with E-state index in [-0.39, 0.29) is 12.2 Å². The van der Waals surface area contributed by atoms with Gasteiger partial charge in [0, 0.05) is 24.8 Å². The van der Waals surface area contributed by atoms with Crippen molar-refractivity contribution in [1.29, 1.82) is 0 Å². The average Bonchev–Trinajstić information content (AvgIpc) is 2.95. The van der Waals surface area contributed by atoms with Crippen molar-refractivity contribution in [1.82, 2.24) is 15.1 Å². The summed E-state index contributed by atoms with van der Waals surface area (Å²) in [6.07, 6.45) is -4.79. The summed E-state index contributed by atoms with van der Waals surface area (Å²) < 4.78 is 44.3. The maximum absolute atomic E-state index is 12.8. The van der Waals surface area contributed by atoms with E-state index < -0.39 is 36.0 Å². The first-order valence-corrected chi connectivity index (χ1v) is 8.70.